The first kappa shape index (κ1) is 15.2. The smallest absolute Gasteiger partial charge is 0.140 e. The minimum absolute atomic E-state index is 0.0593. The number of ketones is 1. The minimum atomic E-state index is 0.0593. The van der Waals surface area contributed by atoms with Gasteiger partial charge in [-0.1, -0.05) is 50.6 Å². The van der Waals surface area contributed by atoms with Crippen molar-refractivity contribution >= 4 is 5.78 Å². The molecule has 0 bridgehead atoms. The molecule has 0 amide bonds. The molecule has 0 aromatic heterocycles. The largest absolute Gasteiger partial charge is 0.381 e. The first-order valence-corrected chi connectivity index (χ1v) is 7.87. The Morgan fingerprint density at radius 3 is 2.50 bits per heavy atom. The first-order chi connectivity index (χ1) is 9.72. The van der Waals surface area contributed by atoms with Crippen LogP contribution in [0.1, 0.15) is 51.0 Å². The highest BCUT2D eigenvalue weighted by atomic mass is 16.5. The Morgan fingerprint density at radius 2 is 1.90 bits per heavy atom. The summed E-state index contributed by atoms with van der Waals surface area (Å²) < 4.78 is 5.38. The highest BCUT2D eigenvalue weighted by Gasteiger charge is 2.28. The van der Waals surface area contributed by atoms with Gasteiger partial charge < -0.3 is 4.74 Å². The molecule has 2 unspecified atom stereocenters. The lowest BCUT2D eigenvalue weighted by atomic mass is 9.79. The lowest BCUT2D eigenvalue weighted by molar-refractivity contribution is -0.123. The van der Waals surface area contributed by atoms with Gasteiger partial charge in [-0.15, -0.1) is 0 Å². The summed E-state index contributed by atoms with van der Waals surface area (Å²) in [6, 6.07) is 10.3. The summed E-state index contributed by atoms with van der Waals surface area (Å²) in [4.78, 5) is 12.8. The fourth-order valence-electron chi connectivity index (χ4n) is 3.09. The highest BCUT2D eigenvalue weighted by molar-refractivity contribution is 5.86. The second-order valence-corrected chi connectivity index (χ2v) is 6.00. The third kappa shape index (κ3) is 3.92. The molecule has 2 nitrogen and oxygen atoms in total. The van der Waals surface area contributed by atoms with Crippen molar-refractivity contribution in [1.29, 1.82) is 0 Å². The molecule has 0 spiro atoms. The molecule has 0 N–H and O–H groups in total. The molecular weight excluding hydrogens is 248 g/mol. The van der Waals surface area contributed by atoms with E-state index in [4.69, 9.17) is 4.74 Å². The zero-order valence-corrected chi connectivity index (χ0v) is 12.7. The van der Waals surface area contributed by atoms with Crippen LogP contribution >= 0.6 is 0 Å². The van der Waals surface area contributed by atoms with E-state index in [2.05, 4.69) is 26.0 Å². The van der Waals surface area contributed by atoms with Crippen molar-refractivity contribution in [1.82, 2.24) is 0 Å². The van der Waals surface area contributed by atoms with Crippen LogP contribution in [0.5, 0.6) is 0 Å². The Balaban J connectivity index is 2.08. The van der Waals surface area contributed by atoms with E-state index in [9.17, 15) is 4.79 Å². The Bertz CT molecular complexity index is 407. The quantitative estimate of drug-likeness (QED) is 0.777. The van der Waals surface area contributed by atoms with Crippen LogP contribution in [0.15, 0.2) is 30.3 Å². The molecule has 1 aromatic carbocycles. The van der Waals surface area contributed by atoms with E-state index < -0.39 is 0 Å². The zero-order chi connectivity index (χ0) is 14.4. The number of carbonyl (C=O) groups excluding carboxylic acids is 1. The number of hydrogen-bond donors (Lipinski definition) is 0. The third-order valence-electron chi connectivity index (χ3n) is 4.55. The number of ether oxygens (including phenoxy) is 1. The lowest BCUT2D eigenvalue weighted by Crippen LogP contribution is -2.25. The van der Waals surface area contributed by atoms with Crippen LogP contribution in [-0.2, 0) is 9.53 Å². The summed E-state index contributed by atoms with van der Waals surface area (Å²) in [5, 5.41) is 0. The average Bonchev–Trinajstić information content (AvgIpc) is 2.49. The number of Topliss-reactive ketones (excluding diaryl/α,β-unsaturated/α-hetero) is 1. The van der Waals surface area contributed by atoms with Crippen LogP contribution in [0.4, 0.5) is 0 Å². The molecule has 1 heterocycles. The Hall–Kier alpha value is -1.15. The summed E-state index contributed by atoms with van der Waals surface area (Å²) in [7, 11) is 0. The number of rotatable bonds is 6. The van der Waals surface area contributed by atoms with E-state index in [1.807, 2.05) is 18.2 Å². The molecule has 0 aliphatic carbocycles. The number of carbonyl (C=O) groups is 1. The Labute approximate surface area is 122 Å². The van der Waals surface area contributed by atoms with Crippen molar-refractivity contribution in [2.24, 2.45) is 11.8 Å². The molecule has 2 rings (SSSR count). The molecule has 2 heteroatoms. The Morgan fingerprint density at radius 1 is 1.25 bits per heavy atom. The molecule has 1 aliphatic heterocycles. The van der Waals surface area contributed by atoms with Crippen LogP contribution in [0.3, 0.4) is 0 Å². The molecule has 0 radical (unpaired) electrons. The van der Waals surface area contributed by atoms with Gasteiger partial charge in [0.25, 0.3) is 0 Å². The Kier molecular flexibility index (Phi) is 5.78. The highest BCUT2D eigenvalue weighted by Crippen LogP contribution is 2.31. The molecule has 1 fully saturated rings. The summed E-state index contributed by atoms with van der Waals surface area (Å²) in [6.07, 6.45) is 3.83. The van der Waals surface area contributed by atoms with E-state index in [0.717, 1.165) is 32.5 Å². The van der Waals surface area contributed by atoms with E-state index in [-0.39, 0.29) is 5.92 Å². The average molecular weight is 274 g/mol. The predicted molar refractivity (Wildman–Crippen MR) is 81.8 cm³/mol. The molecular formula is C18H26O2. The van der Waals surface area contributed by atoms with E-state index in [1.165, 1.54) is 5.56 Å². The lowest BCUT2D eigenvalue weighted by Gasteiger charge is -2.26. The van der Waals surface area contributed by atoms with Gasteiger partial charge in [0, 0.05) is 25.6 Å². The second-order valence-electron chi connectivity index (χ2n) is 6.00. The minimum Gasteiger partial charge on any atom is -0.381 e. The molecule has 1 saturated heterocycles. The van der Waals surface area contributed by atoms with Crippen molar-refractivity contribution in [2.75, 3.05) is 13.2 Å². The standard InChI is InChI=1S/C18H26O2/c1-3-14(2)18(16-7-5-4-6-8-16)17(19)13-15-9-11-20-12-10-15/h4-8,14-15,18H,3,9-13H2,1-2H3. The van der Waals surface area contributed by atoms with Gasteiger partial charge in [-0.25, -0.2) is 0 Å². The van der Waals surface area contributed by atoms with Gasteiger partial charge in [-0.05, 0) is 30.2 Å². The van der Waals surface area contributed by atoms with Gasteiger partial charge in [0.1, 0.15) is 5.78 Å². The molecule has 2 atom stereocenters. The van der Waals surface area contributed by atoms with Crippen molar-refractivity contribution in [2.45, 2.75) is 45.4 Å². The van der Waals surface area contributed by atoms with E-state index in [1.54, 1.807) is 0 Å². The summed E-state index contributed by atoms with van der Waals surface area (Å²) in [5.41, 5.74) is 1.18. The van der Waals surface area contributed by atoms with Gasteiger partial charge in [-0.2, -0.15) is 0 Å². The van der Waals surface area contributed by atoms with Crippen LogP contribution in [-0.4, -0.2) is 19.0 Å². The van der Waals surface area contributed by atoms with E-state index >= 15 is 0 Å². The molecule has 0 saturated carbocycles. The fraction of sp³-hybridized carbons (Fsp3) is 0.611. The first-order valence-electron chi connectivity index (χ1n) is 7.87. The number of benzene rings is 1. The second kappa shape index (κ2) is 7.58. The van der Waals surface area contributed by atoms with Gasteiger partial charge in [-0.3, -0.25) is 4.79 Å². The molecule has 1 aliphatic rings. The third-order valence-corrected chi connectivity index (χ3v) is 4.55. The van der Waals surface area contributed by atoms with E-state index in [0.29, 0.717) is 24.0 Å². The fourth-order valence-corrected chi connectivity index (χ4v) is 3.09. The van der Waals surface area contributed by atoms with Gasteiger partial charge in [0.2, 0.25) is 0 Å². The molecule has 110 valence electrons. The SMILES string of the molecule is CCC(C)C(C(=O)CC1CCOCC1)c1ccccc1. The van der Waals surface area contributed by atoms with Crippen LogP contribution in [0, 0.1) is 11.8 Å². The monoisotopic (exact) mass is 274 g/mol. The van der Waals surface area contributed by atoms with Crippen LogP contribution in [0.25, 0.3) is 0 Å². The zero-order valence-electron chi connectivity index (χ0n) is 12.7. The maximum Gasteiger partial charge on any atom is 0.140 e. The number of hydrogen-bond acceptors (Lipinski definition) is 2. The maximum atomic E-state index is 12.8. The van der Waals surface area contributed by atoms with Gasteiger partial charge in [0.05, 0.1) is 0 Å². The topological polar surface area (TPSA) is 26.3 Å². The molecule has 20 heavy (non-hydrogen) atoms. The summed E-state index contributed by atoms with van der Waals surface area (Å²) in [6.45, 7) is 6.00. The molecule has 1 aromatic rings. The van der Waals surface area contributed by atoms with Crippen molar-refractivity contribution in [3.63, 3.8) is 0 Å². The van der Waals surface area contributed by atoms with Crippen LogP contribution < -0.4 is 0 Å². The summed E-state index contributed by atoms with van der Waals surface area (Å²) >= 11 is 0. The maximum absolute atomic E-state index is 12.8. The van der Waals surface area contributed by atoms with Crippen molar-refractivity contribution in [3.05, 3.63) is 35.9 Å². The van der Waals surface area contributed by atoms with Gasteiger partial charge in [0.15, 0.2) is 0 Å². The van der Waals surface area contributed by atoms with Crippen LogP contribution in [0.2, 0.25) is 0 Å². The predicted octanol–water partition coefficient (Wildman–Crippen LogP) is 4.20. The van der Waals surface area contributed by atoms with Crippen molar-refractivity contribution in [3.8, 4) is 0 Å². The van der Waals surface area contributed by atoms with Crippen molar-refractivity contribution < 1.29 is 9.53 Å². The summed E-state index contributed by atoms with van der Waals surface area (Å²) in [5.74, 6) is 1.40. The normalized spacial score (nSPS) is 19.5. The van der Waals surface area contributed by atoms with Gasteiger partial charge >= 0.3 is 0 Å².